The maximum atomic E-state index is 6.18. The van der Waals surface area contributed by atoms with E-state index in [-0.39, 0.29) is 5.92 Å². The van der Waals surface area contributed by atoms with Crippen molar-refractivity contribution < 1.29 is 0 Å². The molecule has 0 saturated heterocycles. The van der Waals surface area contributed by atoms with E-state index in [4.69, 9.17) is 5.73 Å². The Bertz CT molecular complexity index is 671. The number of nitrogen functional groups attached to an aromatic ring is 1. The number of imidazole rings is 1. The summed E-state index contributed by atoms with van der Waals surface area (Å²) in [5.74, 6) is 0.924. The molecule has 0 fully saturated rings. The highest BCUT2D eigenvalue weighted by atomic mass is 15.1. The molecule has 0 bridgehead atoms. The Morgan fingerprint density at radius 3 is 2.50 bits per heavy atom. The van der Waals surface area contributed by atoms with E-state index >= 15 is 0 Å². The van der Waals surface area contributed by atoms with E-state index in [0.29, 0.717) is 0 Å². The molecule has 2 N–H and O–H groups in total. The number of rotatable bonds is 2. The highest BCUT2D eigenvalue weighted by Crippen LogP contribution is 2.28. The third-order valence-corrected chi connectivity index (χ3v) is 3.31. The average molecular weight is 237 g/mol. The molecule has 90 valence electrons. The zero-order valence-corrected chi connectivity index (χ0v) is 10.2. The molecule has 0 spiro atoms. The standard InChI is InChI=1S/C15H15N3/c1-11(12-7-3-2-4-8-12)14-15(16)18-10-6-5-9-13(18)17-14/h2-11H,16H2,1H3. The lowest BCUT2D eigenvalue weighted by atomic mass is 9.98. The molecule has 0 amide bonds. The number of pyridine rings is 1. The van der Waals surface area contributed by atoms with E-state index < -0.39 is 0 Å². The summed E-state index contributed by atoms with van der Waals surface area (Å²) in [6.07, 6.45) is 1.94. The van der Waals surface area contributed by atoms with E-state index in [2.05, 4.69) is 24.0 Å². The lowest BCUT2D eigenvalue weighted by Gasteiger charge is -2.09. The van der Waals surface area contributed by atoms with Gasteiger partial charge in [0.1, 0.15) is 11.5 Å². The normalized spacial score (nSPS) is 12.7. The maximum absolute atomic E-state index is 6.18. The van der Waals surface area contributed by atoms with Gasteiger partial charge in [0.05, 0.1) is 5.69 Å². The quantitative estimate of drug-likeness (QED) is 0.744. The van der Waals surface area contributed by atoms with Gasteiger partial charge >= 0.3 is 0 Å². The van der Waals surface area contributed by atoms with Crippen LogP contribution in [0.2, 0.25) is 0 Å². The fraction of sp³-hybridized carbons (Fsp3) is 0.133. The minimum absolute atomic E-state index is 0.200. The highest BCUT2D eigenvalue weighted by Gasteiger charge is 2.16. The van der Waals surface area contributed by atoms with Crippen LogP contribution in [0, 0.1) is 0 Å². The predicted octanol–water partition coefficient (Wildman–Crippen LogP) is 3.07. The summed E-state index contributed by atoms with van der Waals surface area (Å²) in [5, 5.41) is 0. The zero-order chi connectivity index (χ0) is 12.5. The summed E-state index contributed by atoms with van der Waals surface area (Å²) in [7, 11) is 0. The smallest absolute Gasteiger partial charge is 0.138 e. The summed E-state index contributed by atoms with van der Waals surface area (Å²) in [6.45, 7) is 2.13. The second-order valence-electron chi connectivity index (χ2n) is 4.44. The molecule has 1 atom stereocenters. The number of nitrogens with two attached hydrogens (primary N) is 1. The molecule has 0 saturated carbocycles. The molecule has 1 aromatic carbocycles. The van der Waals surface area contributed by atoms with E-state index in [1.165, 1.54) is 5.56 Å². The largest absolute Gasteiger partial charge is 0.383 e. The number of hydrogen-bond donors (Lipinski definition) is 1. The zero-order valence-electron chi connectivity index (χ0n) is 10.2. The highest BCUT2D eigenvalue weighted by molar-refractivity contribution is 5.55. The molecular weight excluding hydrogens is 222 g/mol. The van der Waals surface area contributed by atoms with Crippen molar-refractivity contribution in [2.75, 3.05) is 5.73 Å². The number of benzene rings is 1. The monoisotopic (exact) mass is 237 g/mol. The third-order valence-electron chi connectivity index (χ3n) is 3.31. The lowest BCUT2D eigenvalue weighted by Crippen LogP contribution is -2.01. The van der Waals surface area contributed by atoms with Crippen LogP contribution in [0.25, 0.3) is 5.65 Å². The van der Waals surface area contributed by atoms with Crippen molar-refractivity contribution in [1.29, 1.82) is 0 Å². The van der Waals surface area contributed by atoms with Crippen molar-refractivity contribution in [1.82, 2.24) is 9.38 Å². The summed E-state index contributed by atoms with van der Waals surface area (Å²) in [4.78, 5) is 4.63. The Morgan fingerprint density at radius 1 is 1.06 bits per heavy atom. The van der Waals surface area contributed by atoms with Crippen molar-refractivity contribution in [3.63, 3.8) is 0 Å². The summed E-state index contributed by atoms with van der Waals surface area (Å²) < 4.78 is 1.93. The predicted molar refractivity (Wildman–Crippen MR) is 73.6 cm³/mol. The average Bonchev–Trinajstić information content (AvgIpc) is 2.77. The Balaban J connectivity index is 2.12. The molecule has 3 nitrogen and oxygen atoms in total. The molecule has 18 heavy (non-hydrogen) atoms. The Hall–Kier alpha value is -2.29. The minimum atomic E-state index is 0.200. The van der Waals surface area contributed by atoms with Crippen LogP contribution < -0.4 is 5.73 Å². The first-order valence-electron chi connectivity index (χ1n) is 6.05. The second kappa shape index (κ2) is 4.18. The number of hydrogen-bond acceptors (Lipinski definition) is 2. The third kappa shape index (κ3) is 1.64. The number of anilines is 1. The van der Waals surface area contributed by atoms with Gasteiger partial charge in [-0.2, -0.15) is 0 Å². The van der Waals surface area contributed by atoms with Gasteiger partial charge in [0.2, 0.25) is 0 Å². The van der Waals surface area contributed by atoms with Gasteiger partial charge in [-0.1, -0.05) is 43.3 Å². The van der Waals surface area contributed by atoms with Gasteiger partial charge in [-0.3, -0.25) is 4.40 Å². The van der Waals surface area contributed by atoms with Crippen LogP contribution in [0.1, 0.15) is 24.1 Å². The first-order chi connectivity index (χ1) is 8.77. The Labute approximate surface area is 106 Å². The topological polar surface area (TPSA) is 43.3 Å². The van der Waals surface area contributed by atoms with Gasteiger partial charge in [0.25, 0.3) is 0 Å². The molecular formula is C15H15N3. The van der Waals surface area contributed by atoms with E-state index in [9.17, 15) is 0 Å². The van der Waals surface area contributed by atoms with E-state index in [1.807, 2.05) is 47.0 Å². The second-order valence-corrected chi connectivity index (χ2v) is 4.44. The van der Waals surface area contributed by atoms with Gasteiger partial charge in [-0.25, -0.2) is 4.98 Å². The minimum Gasteiger partial charge on any atom is -0.383 e. The van der Waals surface area contributed by atoms with Crippen molar-refractivity contribution in [3.8, 4) is 0 Å². The first kappa shape index (κ1) is 10.8. The van der Waals surface area contributed by atoms with Crippen LogP contribution in [0.15, 0.2) is 54.7 Å². The van der Waals surface area contributed by atoms with E-state index in [0.717, 1.165) is 17.2 Å². The van der Waals surface area contributed by atoms with Crippen molar-refractivity contribution in [3.05, 3.63) is 66.0 Å². The molecule has 0 radical (unpaired) electrons. The van der Waals surface area contributed by atoms with Crippen LogP contribution >= 0.6 is 0 Å². The summed E-state index contributed by atoms with van der Waals surface area (Å²) in [5.41, 5.74) is 9.24. The maximum Gasteiger partial charge on any atom is 0.138 e. The first-order valence-corrected chi connectivity index (χ1v) is 6.05. The lowest BCUT2D eigenvalue weighted by molar-refractivity contribution is 0.889. The van der Waals surface area contributed by atoms with Crippen LogP contribution in [0.5, 0.6) is 0 Å². The molecule has 3 heteroatoms. The van der Waals surface area contributed by atoms with Crippen LogP contribution in [0.3, 0.4) is 0 Å². The fourth-order valence-electron chi connectivity index (χ4n) is 2.25. The van der Waals surface area contributed by atoms with E-state index in [1.54, 1.807) is 0 Å². The van der Waals surface area contributed by atoms with Crippen LogP contribution in [-0.2, 0) is 0 Å². The number of fused-ring (bicyclic) bond motifs is 1. The molecule has 3 rings (SSSR count). The van der Waals surface area contributed by atoms with Crippen molar-refractivity contribution in [2.24, 2.45) is 0 Å². The number of nitrogens with zero attached hydrogens (tertiary/aromatic N) is 2. The summed E-state index contributed by atoms with van der Waals surface area (Å²) in [6, 6.07) is 16.2. The van der Waals surface area contributed by atoms with Gasteiger partial charge in [-0.15, -0.1) is 0 Å². The Kier molecular flexibility index (Phi) is 2.52. The molecule has 1 unspecified atom stereocenters. The molecule has 2 aromatic heterocycles. The van der Waals surface area contributed by atoms with Crippen LogP contribution in [0.4, 0.5) is 5.82 Å². The summed E-state index contributed by atoms with van der Waals surface area (Å²) >= 11 is 0. The fourth-order valence-corrected chi connectivity index (χ4v) is 2.25. The number of aromatic nitrogens is 2. The van der Waals surface area contributed by atoms with Crippen molar-refractivity contribution >= 4 is 11.5 Å². The Morgan fingerprint density at radius 2 is 1.78 bits per heavy atom. The van der Waals surface area contributed by atoms with Crippen molar-refractivity contribution in [2.45, 2.75) is 12.8 Å². The molecule has 0 aliphatic heterocycles. The van der Waals surface area contributed by atoms with Gasteiger partial charge in [0, 0.05) is 12.1 Å². The van der Waals surface area contributed by atoms with Gasteiger partial charge < -0.3 is 5.73 Å². The van der Waals surface area contributed by atoms with Gasteiger partial charge in [-0.05, 0) is 17.7 Å². The molecule has 0 aliphatic carbocycles. The molecule has 3 aromatic rings. The molecule has 0 aliphatic rings. The SMILES string of the molecule is CC(c1ccccc1)c1nc2ccccn2c1N. The van der Waals surface area contributed by atoms with Crippen LogP contribution in [-0.4, -0.2) is 9.38 Å². The molecule has 2 heterocycles. The van der Waals surface area contributed by atoms with Gasteiger partial charge in [0.15, 0.2) is 0 Å².